The average molecular weight is 261 g/mol. The van der Waals surface area contributed by atoms with Crippen LogP contribution in [0, 0.1) is 5.92 Å². The number of hydrogen-bond donors (Lipinski definition) is 1. The molecule has 1 saturated carbocycles. The fourth-order valence-corrected chi connectivity index (χ4v) is 2.77. The Balaban J connectivity index is 1.88. The molecule has 1 aliphatic carbocycles. The van der Waals surface area contributed by atoms with E-state index in [-0.39, 0.29) is 6.10 Å². The summed E-state index contributed by atoms with van der Waals surface area (Å²) in [5.41, 5.74) is 1.22. The van der Waals surface area contributed by atoms with Gasteiger partial charge in [0.1, 0.15) is 5.75 Å². The van der Waals surface area contributed by atoms with E-state index in [4.69, 9.17) is 4.74 Å². The first-order valence-electron chi connectivity index (χ1n) is 7.66. The van der Waals surface area contributed by atoms with Gasteiger partial charge in [-0.3, -0.25) is 0 Å². The van der Waals surface area contributed by atoms with E-state index in [2.05, 4.69) is 50.4 Å². The molecule has 2 unspecified atom stereocenters. The van der Waals surface area contributed by atoms with E-state index in [1.807, 2.05) is 0 Å². The van der Waals surface area contributed by atoms with Crippen LogP contribution in [0.1, 0.15) is 52.9 Å². The molecule has 19 heavy (non-hydrogen) atoms. The molecule has 0 spiro atoms. The predicted molar refractivity (Wildman–Crippen MR) is 81.9 cm³/mol. The lowest BCUT2D eigenvalue weighted by Gasteiger charge is -2.18. The van der Waals surface area contributed by atoms with Crippen LogP contribution >= 0.6 is 0 Å². The molecule has 0 aliphatic heterocycles. The van der Waals surface area contributed by atoms with E-state index in [1.165, 1.54) is 37.8 Å². The zero-order chi connectivity index (χ0) is 13.7. The Hall–Kier alpha value is -1.18. The number of nitrogens with one attached hydrogen (secondary N) is 1. The van der Waals surface area contributed by atoms with Crippen LogP contribution in [0.15, 0.2) is 24.3 Å². The summed E-state index contributed by atoms with van der Waals surface area (Å²) >= 11 is 0. The van der Waals surface area contributed by atoms with Gasteiger partial charge in [0.2, 0.25) is 0 Å². The number of hydrogen-bond acceptors (Lipinski definition) is 2. The monoisotopic (exact) mass is 261 g/mol. The Morgan fingerprint density at radius 2 is 1.79 bits per heavy atom. The van der Waals surface area contributed by atoms with Crippen molar-refractivity contribution < 1.29 is 4.74 Å². The Labute approximate surface area is 117 Å². The van der Waals surface area contributed by atoms with Crippen LogP contribution in [0.5, 0.6) is 5.75 Å². The smallest absolute Gasteiger partial charge is 0.119 e. The Bertz CT molecular complexity index is 371. The van der Waals surface area contributed by atoms with E-state index in [0.29, 0.717) is 6.04 Å². The van der Waals surface area contributed by atoms with Crippen LogP contribution in [0.25, 0.3) is 0 Å². The highest BCUT2D eigenvalue weighted by atomic mass is 16.5. The standard InChI is InChI=1S/C17H27NO/c1-13(2)19-17-11-9-16(10-12-17)18-15-6-4-5-14(3)7-8-15/h9-15,18H,4-8H2,1-3H3. The van der Waals surface area contributed by atoms with Crippen molar-refractivity contribution in [3.63, 3.8) is 0 Å². The highest BCUT2D eigenvalue weighted by Crippen LogP contribution is 2.25. The lowest BCUT2D eigenvalue weighted by molar-refractivity contribution is 0.242. The van der Waals surface area contributed by atoms with Gasteiger partial charge < -0.3 is 10.1 Å². The fraction of sp³-hybridized carbons (Fsp3) is 0.647. The van der Waals surface area contributed by atoms with Gasteiger partial charge in [-0.25, -0.2) is 0 Å². The normalized spacial score (nSPS) is 24.0. The predicted octanol–water partition coefficient (Wildman–Crippen LogP) is 4.85. The molecule has 1 N–H and O–H groups in total. The maximum atomic E-state index is 5.67. The second-order valence-electron chi connectivity index (χ2n) is 6.15. The third-order valence-electron chi connectivity index (χ3n) is 3.85. The minimum Gasteiger partial charge on any atom is -0.491 e. The number of rotatable bonds is 4. The van der Waals surface area contributed by atoms with Gasteiger partial charge in [0.25, 0.3) is 0 Å². The van der Waals surface area contributed by atoms with Crippen molar-refractivity contribution in [3.8, 4) is 5.75 Å². The lowest BCUT2D eigenvalue weighted by Crippen LogP contribution is -2.18. The van der Waals surface area contributed by atoms with Crippen molar-refractivity contribution in [1.29, 1.82) is 0 Å². The molecule has 1 aromatic rings. The van der Waals surface area contributed by atoms with Gasteiger partial charge in [0.05, 0.1) is 6.10 Å². The largest absolute Gasteiger partial charge is 0.491 e. The first-order chi connectivity index (χ1) is 9.13. The van der Waals surface area contributed by atoms with Crippen LogP contribution in [-0.4, -0.2) is 12.1 Å². The molecule has 0 amide bonds. The van der Waals surface area contributed by atoms with Gasteiger partial charge in [-0.1, -0.05) is 19.8 Å². The van der Waals surface area contributed by atoms with E-state index in [0.717, 1.165) is 11.7 Å². The third-order valence-corrected chi connectivity index (χ3v) is 3.85. The maximum Gasteiger partial charge on any atom is 0.119 e. The van der Waals surface area contributed by atoms with Gasteiger partial charge in [-0.2, -0.15) is 0 Å². The molecular formula is C17H27NO. The summed E-state index contributed by atoms with van der Waals surface area (Å²) in [5.74, 6) is 1.85. The highest BCUT2D eigenvalue weighted by molar-refractivity contribution is 5.47. The molecule has 2 atom stereocenters. The topological polar surface area (TPSA) is 21.3 Å². The maximum absolute atomic E-state index is 5.67. The molecule has 106 valence electrons. The Morgan fingerprint density at radius 1 is 1.05 bits per heavy atom. The molecule has 1 aliphatic rings. The first-order valence-corrected chi connectivity index (χ1v) is 7.66. The number of ether oxygens (including phenoxy) is 1. The van der Waals surface area contributed by atoms with E-state index in [9.17, 15) is 0 Å². The summed E-state index contributed by atoms with van der Waals surface area (Å²) in [5, 5.41) is 3.67. The third kappa shape index (κ3) is 4.77. The number of benzene rings is 1. The zero-order valence-electron chi connectivity index (χ0n) is 12.5. The summed E-state index contributed by atoms with van der Waals surface area (Å²) in [6.07, 6.45) is 6.93. The zero-order valence-corrected chi connectivity index (χ0v) is 12.5. The van der Waals surface area contributed by atoms with Crippen LogP contribution in [0.4, 0.5) is 5.69 Å². The summed E-state index contributed by atoms with van der Waals surface area (Å²) in [7, 11) is 0. The van der Waals surface area contributed by atoms with Gasteiger partial charge in [-0.05, 0) is 63.3 Å². The summed E-state index contributed by atoms with van der Waals surface area (Å²) in [6, 6.07) is 9.02. The van der Waals surface area contributed by atoms with Gasteiger partial charge in [0.15, 0.2) is 0 Å². The minimum absolute atomic E-state index is 0.238. The molecule has 0 heterocycles. The van der Waals surface area contributed by atoms with E-state index < -0.39 is 0 Å². The van der Waals surface area contributed by atoms with Gasteiger partial charge >= 0.3 is 0 Å². The molecule has 1 aromatic carbocycles. The number of anilines is 1. The summed E-state index contributed by atoms with van der Waals surface area (Å²) < 4.78 is 5.67. The van der Waals surface area contributed by atoms with Crippen molar-refractivity contribution in [2.45, 2.75) is 65.0 Å². The molecule has 1 fully saturated rings. The molecule has 0 aromatic heterocycles. The molecule has 0 saturated heterocycles. The Kier molecular flexibility index (Phi) is 5.12. The molecule has 2 heteroatoms. The van der Waals surface area contributed by atoms with Gasteiger partial charge in [-0.15, -0.1) is 0 Å². The Morgan fingerprint density at radius 3 is 2.47 bits per heavy atom. The summed E-state index contributed by atoms with van der Waals surface area (Å²) in [6.45, 7) is 6.48. The quantitative estimate of drug-likeness (QED) is 0.782. The van der Waals surface area contributed by atoms with Crippen molar-refractivity contribution in [2.75, 3.05) is 5.32 Å². The molecule has 2 rings (SSSR count). The van der Waals surface area contributed by atoms with E-state index >= 15 is 0 Å². The van der Waals surface area contributed by atoms with Crippen molar-refractivity contribution in [2.24, 2.45) is 5.92 Å². The molecular weight excluding hydrogens is 234 g/mol. The van der Waals surface area contributed by atoms with Crippen LogP contribution in [0.3, 0.4) is 0 Å². The SMILES string of the molecule is CC1CCCC(Nc2ccc(OC(C)C)cc2)CC1. The molecule has 2 nitrogen and oxygen atoms in total. The summed E-state index contributed by atoms with van der Waals surface area (Å²) in [4.78, 5) is 0. The van der Waals surface area contributed by atoms with Crippen LogP contribution < -0.4 is 10.1 Å². The van der Waals surface area contributed by atoms with Crippen molar-refractivity contribution in [1.82, 2.24) is 0 Å². The van der Waals surface area contributed by atoms with Crippen LogP contribution in [0.2, 0.25) is 0 Å². The minimum atomic E-state index is 0.238. The lowest BCUT2D eigenvalue weighted by atomic mass is 10.0. The van der Waals surface area contributed by atoms with E-state index in [1.54, 1.807) is 0 Å². The fourth-order valence-electron chi connectivity index (χ4n) is 2.77. The van der Waals surface area contributed by atoms with Gasteiger partial charge in [0, 0.05) is 11.7 Å². The highest BCUT2D eigenvalue weighted by Gasteiger charge is 2.15. The van der Waals surface area contributed by atoms with Crippen molar-refractivity contribution >= 4 is 5.69 Å². The second-order valence-corrected chi connectivity index (χ2v) is 6.15. The molecule has 0 radical (unpaired) electrons. The van der Waals surface area contributed by atoms with Crippen molar-refractivity contribution in [3.05, 3.63) is 24.3 Å². The molecule has 0 bridgehead atoms. The first kappa shape index (κ1) is 14.2. The van der Waals surface area contributed by atoms with Crippen LogP contribution in [-0.2, 0) is 0 Å². The average Bonchev–Trinajstić information content (AvgIpc) is 2.56. The second kappa shape index (κ2) is 6.83.